The van der Waals surface area contributed by atoms with Gasteiger partial charge in [-0.05, 0) is 36.8 Å². The van der Waals surface area contributed by atoms with Gasteiger partial charge in [0, 0.05) is 41.8 Å². The van der Waals surface area contributed by atoms with Crippen LogP contribution in [0, 0.1) is 6.92 Å². The van der Waals surface area contributed by atoms with Crippen LogP contribution in [-0.2, 0) is 0 Å². The number of amides is 3. The zero-order valence-electron chi connectivity index (χ0n) is 15.0. The predicted molar refractivity (Wildman–Crippen MR) is 109 cm³/mol. The van der Waals surface area contributed by atoms with Crippen LogP contribution in [0.4, 0.5) is 16.2 Å². The van der Waals surface area contributed by atoms with Gasteiger partial charge in [0.1, 0.15) is 5.66 Å². The zero-order valence-corrected chi connectivity index (χ0v) is 16.6. The van der Waals surface area contributed by atoms with E-state index in [1.807, 2.05) is 49.4 Å². The zero-order chi connectivity index (χ0) is 19.0. The Morgan fingerprint density at radius 3 is 2.63 bits per heavy atom. The van der Waals surface area contributed by atoms with Gasteiger partial charge in [0.05, 0.1) is 5.56 Å². The third-order valence-electron chi connectivity index (χ3n) is 5.24. The molecule has 2 aliphatic heterocycles. The van der Waals surface area contributed by atoms with Crippen LogP contribution in [-0.4, -0.2) is 35.6 Å². The van der Waals surface area contributed by atoms with Crippen molar-refractivity contribution in [1.29, 1.82) is 0 Å². The minimum absolute atomic E-state index is 0.0807. The van der Waals surface area contributed by atoms with Crippen LogP contribution >= 0.6 is 15.9 Å². The summed E-state index contributed by atoms with van der Waals surface area (Å²) < 4.78 is 0.872. The minimum Gasteiger partial charge on any atom is -0.362 e. The summed E-state index contributed by atoms with van der Waals surface area (Å²) in [6.07, 6.45) is 1.30. The van der Waals surface area contributed by atoms with Gasteiger partial charge in [-0.25, -0.2) is 4.79 Å². The molecule has 0 bridgehead atoms. The number of anilines is 2. The Morgan fingerprint density at radius 1 is 1.15 bits per heavy atom. The molecular weight excluding hydrogens is 408 g/mol. The van der Waals surface area contributed by atoms with E-state index in [-0.39, 0.29) is 11.9 Å². The molecule has 2 aromatic rings. The van der Waals surface area contributed by atoms with Crippen molar-refractivity contribution in [1.82, 2.24) is 10.2 Å². The first-order chi connectivity index (χ1) is 13.0. The molecule has 1 saturated heterocycles. The SMILES string of the molecule is Cc1ccccc1NC(=O)N1CCC2(CC1)NC(=O)c1cc(Br)ccc1N2. The van der Waals surface area contributed by atoms with E-state index >= 15 is 0 Å². The smallest absolute Gasteiger partial charge is 0.321 e. The lowest BCUT2D eigenvalue weighted by Crippen LogP contribution is -2.63. The van der Waals surface area contributed by atoms with E-state index in [0.717, 1.165) is 21.4 Å². The van der Waals surface area contributed by atoms with Gasteiger partial charge in [-0.1, -0.05) is 34.1 Å². The molecule has 0 aromatic heterocycles. The van der Waals surface area contributed by atoms with Crippen molar-refractivity contribution in [3.63, 3.8) is 0 Å². The van der Waals surface area contributed by atoms with Crippen molar-refractivity contribution in [3.8, 4) is 0 Å². The van der Waals surface area contributed by atoms with Crippen molar-refractivity contribution in [2.24, 2.45) is 0 Å². The minimum atomic E-state index is -0.503. The second-order valence-electron chi connectivity index (χ2n) is 7.08. The number of likely N-dealkylation sites (tertiary alicyclic amines) is 1. The number of hydrogen-bond acceptors (Lipinski definition) is 3. The molecule has 27 heavy (non-hydrogen) atoms. The Labute approximate surface area is 166 Å². The maximum Gasteiger partial charge on any atom is 0.321 e. The molecule has 1 spiro atoms. The van der Waals surface area contributed by atoms with Crippen LogP contribution in [0.25, 0.3) is 0 Å². The van der Waals surface area contributed by atoms with E-state index in [2.05, 4.69) is 31.9 Å². The highest BCUT2D eigenvalue weighted by Crippen LogP contribution is 2.33. The molecule has 0 aliphatic carbocycles. The molecule has 0 unspecified atom stereocenters. The van der Waals surface area contributed by atoms with Gasteiger partial charge in [-0.3, -0.25) is 4.79 Å². The topological polar surface area (TPSA) is 73.5 Å². The monoisotopic (exact) mass is 428 g/mol. The number of carbonyl (C=O) groups is 2. The van der Waals surface area contributed by atoms with Crippen LogP contribution in [0.5, 0.6) is 0 Å². The van der Waals surface area contributed by atoms with Crippen molar-refractivity contribution in [2.45, 2.75) is 25.4 Å². The summed E-state index contributed by atoms with van der Waals surface area (Å²) in [6.45, 7) is 3.10. The molecule has 2 aliphatic rings. The molecule has 140 valence electrons. The fourth-order valence-corrected chi connectivity index (χ4v) is 4.00. The molecule has 7 heteroatoms. The molecule has 4 rings (SSSR count). The van der Waals surface area contributed by atoms with E-state index in [9.17, 15) is 9.59 Å². The number of urea groups is 1. The maximum absolute atomic E-state index is 12.6. The Hall–Kier alpha value is -2.54. The quantitative estimate of drug-likeness (QED) is 0.643. The lowest BCUT2D eigenvalue weighted by molar-refractivity contribution is 0.0852. The van der Waals surface area contributed by atoms with Crippen LogP contribution < -0.4 is 16.0 Å². The standard InChI is InChI=1S/C20H21BrN4O2/c1-13-4-2-3-5-16(13)22-19(27)25-10-8-20(9-11-25)23-17-7-6-14(21)12-15(17)18(26)24-20/h2-7,12,23H,8-11H2,1H3,(H,22,27)(H,24,26). The van der Waals surface area contributed by atoms with Gasteiger partial charge in [0.2, 0.25) is 0 Å². The van der Waals surface area contributed by atoms with E-state index in [0.29, 0.717) is 31.5 Å². The number of benzene rings is 2. The van der Waals surface area contributed by atoms with E-state index in [1.54, 1.807) is 4.90 Å². The Bertz CT molecular complexity index is 907. The van der Waals surface area contributed by atoms with Crippen molar-refractivity contribution >= 4 is 39.2 Å². The molecular formula is C20H21BrN4O2. The molecule has 0 radical (unpaired) electrons. The normalized spacial score (nSPS) is 17.7. The van der Waals surface area contributed by atoms with Crippen LogP contribution in [0.1, 0.15) is 28.8 Å². The Morgan fingerprint density at radius 2 is 1.89 bits per heavy atom. The number of aryl methyl sites for hydroxylation is 1. The van der Waals surface area contributed by atoms with Crippen LogP contribution in [0.2, 0.25) is 0 Å². The molecule has 1 fully saturated rings. The largest absolute Gasteiger partial charge is 0.362 e. The van der Waals surface area contributed by atoms with Gasteiger partial charge in [0.25, 0.3) is 5.91 Å². The molecule has 3 N–H and O–H groups in total. The summed E-state index contributed by atoms with van der Waals surface area (Å²) in [6, 6.07) is 13.3. The van der Waals surface area contributed by atoms with Crippen molar-refractivity contribution < 1.29 is 9.59 Å². The fourth-order valence-electron chi connectivity index (χ4n) is 3.64. The van der Waals surface area contributed by atoms with Crippen molar-refractivity contribution in [3.05, 3.63) is 58.1 Å². The fraction of sp³-hybridized carbons (Fsp3) is 0.300. The lowest BCUT2D eigenvalue weighted by atomic mass is 9.92. The van der Waals surface area contributed by atoms with E-state index < -0.39 is 5.66 Å². The highest BCUT2D eigenvalue weighted by molar-refractivity contribution is 9.10. The average molecular weight is 429 g/mol. The number of fused-ring (bicyclic) bond motifs is 1. The highest BCUT2D eigenvalue weighted by atomic mass is 79.9. The number of piperidine rings is 1. The maximum atomic E-state index is 12.6. The summed E-state index contributed by atoms with van der Waals surface area (Å²) in [5, 5.41) is 9.56. The third kappa shape index (κ3) is 3.51. The van der Waals surface area contributed by atoms with Gasteiger partial charge in [-0.2, -0.15) is 0 Å². The number of carbonyl (C=O) groups excluding carboxylic acids is 2. The summed E-state index contributed by atoms with van der Waals surface area (Å²) >= 11 is 3.40. The summed E-state index contributed by atoms with van der Waals surface area (Å²) in [5.41, 5.74) is 2.82. The van der Waals surface area contributed by atoms with Crippen molar-refractivity contribution in [2.75, 3.05) is 23.7 Å². The number of nitrogens with zero attached hydrogens (tertiary/aromatic N) is 1. The molecule has 2 heterocycles. The van der Waals surface area contributed by atoms with Gasteiger partial charge < -0.3 is 20.9 Å². The van der Waals surface area contributed by atoms with Crippen LogP contribution in [0.15, 0.2) is 46.9 Å². The first kappa shape index (κ1) is 17.9. The van der Waals surface area contributed by atoms with Gasteiger partial charge in [-0.15, -0.1) is 0 Å². The molecule has 6 nitrogen and oxygen atoms in total. The molecule has 3 amide bonds. The van der Waals surface area contributed by atoms with Crippen LogP contribution in [0.3, 0.4) is 0 Å². The first-order valence-electron chi connectivity index (χ1n) is 8.98. The number of rotatable bonds is 1. The molecule has 0 atom stereocenters. The summed E-state index contributed by atoms with van der Waals surface area (Å²) in [7, 11) is 0. The predicted octanol–water partition coefficient (Wildman–Crippen LogP) is 3.94. The second-order valence-corrected chi connectivity index (χ2v) is 8.00. The Kier molecular flexibility index (Phi) is 4.55. The highest BCUT2D eigenvalue weighted by Gasteiger charge is 2.41. The van der Waals surface area contributed by atoms with Gasteiger partial charge in [0.15, 0.2) is 0 Å². The number of halogens is 1. The van der Waals surface area contributed by atoms with Gasteiger partial charge >= 0.3 is 6.03 Å². The van der Waals surface area contributed by atoms with E-state index in [1.165, 1.54) is 0 Å². The number of para-hydroxylation sites is 1. The summed E-state index contributed by atoms with van der Waals surface area (Å²) in [5.74, 6) is -0.0807. The molecule has 2 aromatic carbocycles. The van der Waals surface area contributed by atoms with E-state index in [4.69, 9.17) is 0 Å². The number of hydrogen-bond donors (Lipinski definition) is 3. The molecule has 0 saturated carbocycles. The lowest BCUT2D eigenvalue weighted by Gasteiger charge is -2.45. The number of nitrogens with one attached hydrogen (secondary N) is 3. The average Bonchev–Trinajstić information content (AvgIpc) is 2.65. The summed E-state index contributed by atoms with van der Waals surface area (Å²) in [4.78, 5) is 26.9. The first-order valence-corrected chi connectivity index (χ1v) is 9.77. The second kappa shape index (κ2) is 6.88. The third-order valence-corrected chi connectivity index (χ3v) is 5.74. The Balaban J connectivity index is 1.43.